The monoisotopic (exact) mass is 154 g/mol. The number of hydrogen-bond acceptors (Lipinski definition) is 4. The van der Waals surface area contributed by atoms with Crippen LogP contribution in [0.1, 0.15) is 11.3 Å². The van der Waals surface area contributed by atoms with E-state index >= 15 is 0 Å². The van der Waals surface area contributed by atoms with Crippen molar-refractivity contribution in [3.63, 3.8) is 0 Å². The van der Waals surface area contributed by atoms with Gasteiger partial charge in [-0.15, -0.1) is 0 Å². The Kier molecular flexibility index (Phi) is 1.54. The Labute approximate surface area is 64.5 Å². The van der Waals surface area contributed by atoms with Gasteiger partial charge in [-0.25, -0.2) is 0 Å². The summed E-state index contributed by atoms with van der Waals surface area (Å²) in [5.74, 6) is 0.736. The first-order valence-corrected chi connectivity index (χ1v) is 3.64. The summed E-state index contributed by atoms with van der Waals surface area (Å²) < 4.78 is 10.3. The van der Waals surface area contributed by atoms with Gasteiger partial charge in [-0.3, -0.25) is 0 Å². The van der Waals surface area contributed by atoms with E-state index in [4.69, 9.17) is 9.26 Å². The first kappa shape index (κ1) is 6.67. The standard InChI is InChI=1S/C7H10N2O2/c1-8-7-5-4-10-3-2-6(5)9-11-7/h8H,2-4H2,1H3. The molecule has 0 saturated carbocycles. The number of rotatable bonds is 1. The molecule has 0 saturated heterocycles. The van der Waals surface area contributed by atoms with Crippen LogP contribution in [0.4, 0.5) is 5.88 Å². The molecule has 0 unspecified atom stereocenters. The number of nitrogens with one attached hydrogen (secondary N) is 1. The lowest BCUT2D eigenvalue weighted by Gasteiger charge is -2.09. The molecule has 0 aromatic carbocycles. The number of ether oxygens (including phenoxy) is 1. The number of anilines is 1. The van der Waals surface area contributed by atoms with Crippen LogP contribution >= 0.6 is 0 Å². The summed E-state index contributed by atoms with van der Waals surface area (Å²) >= 11 is 0. The first-order valence-electron chi connectivity index (χ1n) is 3.64. The molecule has 60 valence electrons. The number of hydrogen-bond donors (Lipinski definition) is 1. The molecule has 0 amide bonds. The molecule has 0 spiro atoms. The number of fused-ring (bicyclic) bond motifs is 1. The molecule has 0 bridgehead atoms. The third-order valence-corrected chi connectivity index (χ3v) is 1.83. The van der Waals surface area contributed by atoms with Crippen molar-refractivity contribution in [3.05, 3.63) is 11.3 Å². The minimum atomic E-state index is 0.620. The van der Waals surface area contributed by atoms with Crippen LogP contribution in [-0.2, 0) is 17.8 Å². The predicted octanol–water partition coefficient (Wildman–Crippen LogP) is 0.789. The maximum absolute atomic E-state index is 5.26. The average molecular weight is 154 g/mol. The fourth-order valence-corrected chi connectivity index (χ4v) is 1.23. The van der Waals surface area contributed by atoms with Crippen LogP contribution in [0.3, 0.4) is 0 Å². The third kappa shape index (κ3) is 0.991. The molecule has 2 rings (SSSR count). The molecule has 1 aromatic heterocycles. The van der Waals surface area contributed by atoms with Gasteiger partial charge in [0.05, 0.1) is 24.5 Å². The van der Waals surface area contributed by atoms with E-state index in [-0.39, 0.29) is 0 Å². The zero-order chi connectivity index (χ0) is 7.68. The minimum absolute atomic E-state index is 0.620. The van der Waals surface area contributed by atoms with Gasteiger partial charge in [0.1, 0.15) is 0 Å². The van der Waals surface area contributed by atoms with E-state index in [9.17, 15) is 0 Å². The van der Waals surface area contributed by atoms with Crippen molar-refractivity contribution in [3.8, 4) is 0 Å². The van der Waals surface area contributed by atoms with Gasteiger partial charge in [0.15, 0.2) is 0 Å². The quantitative estimate of drug-likeness (QED) is 0.649. The zero-order valence-corrected chi connectivity index (χ0v) is 6.39. The molecule has 0 fully saturated rings. The third-order valence-electron chi connectivity index (χ3n) is 1.83. The van der Waals surface area contributed by atoms with Gasteiger partial charge in [-0.2, -0.15) is 0 Å². The Bertz CT molecular complexity index is 243. The highest BCUT2D eigenvalue weighted by atomic mass is 16.5. The van der Waals surface area contributed by atoms with Gasteiger partial charge in [0.2, 0.25) is 5.88 Å². The molecule has 11 heavy (non-hydrogen) atoms. The highest BCUT2D eigenvalue weighted by molar-refractivity contribution is 5.43. The van der Waals surface area contributed by atoms with Crippen LogP contribution in [0.15, 0.2) is 4.52 Å². The zero-order valence-electron chi connectivity index (χ0n) is 6.39. The lowest BCUT2D eigenvalue weighted by atomic mass is 10.1. The molecule has 1 aliphatic heterocycles. The Morgan fingerprint density at radius 1 is 1.55 bits per heavy atom. The molecule has 1 N–H and O–H groups in total. The van der Waals surface area contributed by atoms with Gasteiger partial charge in [0, 0.05) is 13.5 Å². The second-order valence-electron chi connectivity index (χ2n) is 2.49. The van der Waals surface area contributed by atoms with Crippen LogP contribution < -0.4 is 5.32 Å². The van der Waals surface area contributed by atoms with E-state index in [0.717, 1.165) is 30.2 Å². The molecular weight excluding hydrogens is 144 g/mol. The lowest BCUT2D eigenvalue weighted by Crippen LogP contribution is -2.09. The van der Waals surface area contributed by atoms with Crippen molar-refractivity contribution in [1.82, 2.24) is 5.16 Å². The summed E-state index contributed by atoms with van der Waals surface area (Å²) in [6.07, 6.45) is 0.862. The van der Waals surface area contributed by atoms with E-state index in [1.54, 1.807) is 0 Å². The maximum atomic E-state index is 5.26. The van der Waals surface area contributed by atoms with Crippen molar-refractivity contribution in [1.29, 1.82) is 0 Å². The van der Waals surface area contributed by atoms with Crippen molar-refractivity contribution in [2.24, 2.45) is 0 Å². The van der Waals surface area contributed by atoms with Gasteiger partial charge in [-0.1, -0.05) is 5.16 Å². The summed E-state index contributed by atoms with van der Waals surface area (Å²) in [5, 5.41) is 6.84. The van der Waals surface area contributed by atoms with E-state index in [0.29, 0.717) is 6.61 Å². The highest BCUT2D eigenvalue weighted by Crippen LogP contribution is 2.23. The average Bonchev–Trinajstić information content (AvgIpc) is 2.47. The van der Waals surface area contributed by atoms with Crippen molar-refractivity contribution in [2.45, 2.75) is 13.0 Å². The Morgan fingerprint density at radius 3 is 3.27 bits per heavy atom. The van der Waals surface area contributed by atoms with Gasteiger partial charge < -0.3 is 14.6 Å². The molecule has 0 aliphatic carbocycles. The normalized spacial score (nSPS) is 16.1. The summed E-state index contributed by atoms with van der Waals surface area (Å²) in [7, 11) is 1.81. The van der Waals surface area contributed by atoms with Crippen LogP contribution in [-0.4, -0.2) is 18.8 Å². The molecule has 0 atom stereocenters. The maximum Gasteiger partial charge on any atom is 0.230 e. The second-order valence-corrected chi connectivity index (χ2v) is 2.49. The molecule has 2 heterocycles. The van der Waals surface area contributed by atoms with Gasteiger partial charge in [-0.05, 0) is 0 Å². The number of aromatic nitrogens is 1. The van der Waals surface area contributed by atoms with Crippen molar-refractivity contribution >= 4 is 5.88 Å². The molecular formula is C7H10N2O2. The summed E-state index contributed by atoms with van der Waals surface area (Å²) in [6.45, 7) is 1.37. The summed E-state index contributed by atoms with van der Waals surface area (Å²) in [4.78, 5) is 0. The molecule has 1 aliphatic rings. The largest absolute Gasteiger partial charge is 0.376 e. The Hall–Kier alpha value is -1.03. The number of nitrogens with zero attached hydrogens (tertiary/aromatic N) is 1. The van der Waals surface area contributed by atoms with E-state index in [1.165, 1.54) is 0 Å². The fraction of sp³-hybridized carbons (Fsp3) is 0.571. The summed E-state index contributed by atoms with van der Waals surface area (Å²) in [6, 6.07) is 0. The van der Waals surface area contributed by atoms with E-state index < -0.39 is 0 Å². The van der Waals surface area contributed by atoms with Gasteiger partial charge >= 0.3 is 0 Å². The molecule has 4 nitrogen and oxygen atoms in total. The molecule has 4 heteroatoms. The predicted molar refractivity (Wildman–Crippen MR) is 39.4 cm³/mol. The topological polar surface area (TPSA) is 47.3 Å². The smallest absolute Gasteiger partial charge is 0.230 e. The lowest BCUT2D eigenvalue weighted by molar-refractivity contribution is 0.110. The van der Waals surface area contributed by atoms with Crippen LogP contribution in [0.5, 0.6) is 0 Å². The Balaban J connectivity index is 2.38. The van der Waals surface area contributed by atoms with Gasteiger partial charge in [0.25, 0.3) is 0 Å². The van der Waals surface area contributed by atoms with Crippen LogP contribution in [0.2, 0.25) is 0 Å². The van der Waals surface area contributed by atoms with Crippen molar-refractivity contribution < 1.29 is 9.26 Å². The Morgan fingerprint density at radius 2 is 2.45 bits per heavy atom. The van der Waals surface area contributed by atoms with E-state index in [1.807, 2.05) is 7.05 Å². The molecule has 0 radical (unpaired) electrons. The second kappa shape index (κ2) is 2.54. The van der Waals surface area contributed by atoms with Crippen molar-refractivity contribution in [2.75, 3.05) is 19.0 Å². The van der Waals surface area contributed by atoms with Crippen LogP contribution in [0, 0.1) is 0 Å². The summed E-state index contributed by atoms with van der Waals surface area (Å²) in [5.41, 5.74) is 2.10. The fourth-order valence-electron chi connectivity index (χ4n) is 1.23. The van der Waals surface area contributed by atoms with E-state index in [2.05, 4.69) is 10.5 Å². The van der Waals surface area contributed by atoms with Crippen LogP contribution in [0.25, 0.3) is 0 Å². The first-order chi connectivity index (χ1) is 5.42. The minimum Gasteiger partial charge on any atom is -0.376 e. The highest BCUT2D eigenvalue weighted by Gasteiger charge is 2.18. The molecule has 1 aromatic rings. The SMILES string of the molecule is CNc1onc2c1COCC2.